The Bertz CT molecular complexity index is 510. The lowest BCUT2D eigenvalue weighted by molar-refractivity contribution is 0.398. The van der Waals surface area contributed by atoms with Gasteiger partial charge in [0.15, 0.2) is 0 Å². The van der Waals surface area contributed by atoms with E-state index in [4.69, 9.17) is 9.47 Å². The molecule has 0 spiro atoms. The van der Waals surface area contributed by atoms with Crippen molar-refractivity contribution in [1.29, 1.82) is 0 Å². The third kappa shape index (κ3) is 2.35. The lowest BCUT2D eigenvalue weighted by Gasteiger charge is -2.19. The Morgan fingerprint density at radius 2 is 1.78 bits per heavy atom. The molecule has 96 valence electrons. The van der Waals surface area contributed by atoms with Crippen LogP contribution in [-0.4, -0.2) is 21.3 Å². The molecule has 2 rings (SSSR count). The highest BCUT2D eigenvalue weighted by atomic mass is 32.1. The predicted octanol–water partition coefficient (Wildman–Crippen LogP) is 3.07. The smallest absolute Gasteiger partial charge is 0.134 e. The number of ether oxygens (including phenoxy) is 2. The molecule has 0 saturated carbocycles. The van der Waals surface area contributed by atoms with E-state index < -0.39 is 0 Å². The Morgan fingerprint density at radius 3 is 2.44 bits per heavy atom. The summed E-state index contributed by atoms with van der Waals surface area (Å²) in [5.74, 6) is 1.79. The van der Waals surface area contributed by atoms with Crippen LogP contribution in [0.25, 0.3) is 0 Å². The van der Waals surface area contributed by atoms with Gasteiger partial charge in [-0.25, -0.2) is 0 Å². The highest BCUT2D eigenvalue weighted by molar-refractivity contribution is 7.10. The van der Waals surface area contributed by atoms with Gasteiger partial charge in [-0.2, -0.15) is 0 Å². The summed E-state index contributed by atoms with van der Waals surface area (Å²) in [6.07, 6.45) is 0. The molecule has 1 N–H and O–H groups in total. The second-order valence-corrected chi connectivity index (χ2v) is 4.76. The second kappa shape index (κ2) is 5.89. The van der Waals surface area contributed by atoms with Gasteiger partial charge >= 0.3 is 0 Å². The second-order valence-electron chi connectivity index (χ2n) is 3.82. The average molecular weight is 263 g/mol. The van der Waals surface area contributed by atoms with E-state index in [-0.39, 0.29) is 6.04 Å². The van der Waals surface area contributed by atoms with E-state index in [0.717, 1.165) is 21.9 Å². The average Bonchev–Trinajstić information content (AvgIpc) is 2.88. The van der Waals surface area contributed by atoms with Crippen molar-refractivity contribution in [3.63, 3.8) is 0 Å². The number of methoxy groups -OCH3 is 2. The molecule has 1 unspecified atom stereocenters. The minimum absolute atomic E-state index is 0.0797. The molecule has 0 amide bonds. The van der Waals surface area contributed by atoms with Gasteiger partial charge in [-0.05, 0) is 24.6 Å². The number of thiophene rings is 1. The largest absolute Gasteiger partial charge is 0.496 e. The van der Waals surface area contributed by atoms with Gasteiger partial charge in [0.05, 0.1) is 25.1 Å². The van der Waals surface area contributed by atoms with Crippen LogP contribution in [0.3, 0.4) is 0 Å². The van der Waals surface area contributed by atoms with Crippen molar-refractivity contribution in [2.75, 3.05) is 21.3 Å². The molecule has 0 aliphatic carbocycles. The van der Waals surface area contributed by atoms with E-state index in [1.165, 1.54) is 0 Å². The molecular weight excluding hydrogens is 246 g/mol. The Kier molecular flexibility index (Phi) is 4.23. The molecule has 0 radical (unpaired) electrons. The topological polar surface area (TPSA) is 30.5 Å². The van der Waals surface area contributed by atoms with Gasteiger partial charge in [-0.1, -0.05) is 18.2 Å². The fourth-order valence-electron chi connectivity index (χ4n) is 2.02. The molecule has 0 aliphatic heterocycles. The monoisotopic (exact) mass is 263 g/mol. The number of rotatable bonds is 5. The van der Waals surface area contributed by atoms with Gasteiger partial charge in [-0.3, -0.25) is 0 Å². The third-order valence-electron chi connectivity index (χ3n) is 2.88. The van der Waals surface area contributed by atoms with Crippen LogP contribution < -0.4 is 14.8 Å². The number of hydrogen-bond donors (Lipinski definition) is 1. The van der Waals surface area contributed by atoms with Crippen molar-refractivity contribution in [2.45, 2.75) is 6.04 Å². The van der Waals surface area contributed by atoms with Crippen LogP contribution in [0.1, 0.15) is 16.5 Å². The summed E-state index contributed by atoms with van der Waals surface area (Å²) in [7, 11) is 5.33. The molecule has 1 aromatic carbocycles. The van der Waals surface area contributed by atoms with E-state index in [9.17, 15) is 0 Å². The van der Waals surface area contributed by atoms with Crippen molar-refractivity contribution in [3.05, 3.63) is 46.2 Å². The number of nitrogens with one attached hydrogen (secondary N) is 1. The summed E-state index contributed by atoms with van der Waals surface area (Å²) in [5.41, 5.74) is 1.11. The first-order chi connectivity index (χ1) is 8.81. The molecule has 18 heavy (non-hydrogen) atoms. The fourth-order valence-corrected chi connectivity index (χ4v) is 3.01. The maximum absolute atomic E-state index is 5.42. The van der Waals surface area contributed by atoms with E-state index in [2.05, 4.69) is 11.4 Å². The number of benzene rings is 1. The molecule has 1 heterocycles. The third-order valence-corrected chi connectivity index (χ3v) is 3.84. The molecule has 3 nitrogen and oxygen atoms in total. The molecule has 0 fully saturated rings. The Morgan fingerprint density at radius 1 is 1.06 bits per heavy atom. The maximum Gasteiger partial charge on any atom is 0.134 e. The molecule has 0 saturated heterocycles. The zero-order valence-corrected chi connectivity index (χ0v) is 11.6. The van der Waals surface area contributed by atoms with Crippen LogP contribution in [0.2, 0.25) is 0 Å². The Labute approximate surface area is 111 Å². The normalized spacial score (nSPS) is 12.2. The Hall–Kier alpha value is -1.52. The lowest BCUT2D eigenvalue weighted by Crippen LogP contribution is -2.17. The van der Waals surface area contributed by atoms with Crippen LogP contribution in [-0.2, 0) is 0 Å². The van der Waals surface area contributed by atoms with Crippen LogP contribution >= 0.6 is 11.3 Å². The summed E-state index contributed by atoms with van der Waals surface area (Å²) in [4.78, 5) is 1.16. The van der Waals surface area contributed by atoms with Crippen LogP contribution in [0.15, 0.2) is 35.7 Å². The standard InChI is InChI=1S/C14H17NO2S/c1-15-13(14-12(17-3)8-9-18-14)10-6-4-5-7-11(10)16-2/h4-9,13,15H,1-3H3. The van der Waals surface area contributed by atoms with Crippen molar-refractivity contribution in [2.24, 2.45) is 0 Å². The van der Waals surface area contributed by atoms with E-state index in [1.807, 2.05) is 36.7 Å². The van der Waals surface area contributed by atoms with Gasteiger partial charge in [0.1, 0.15) is 11.5 Å². The van der Waals surface area contributed by atoms with E-state index in [0.29, 0.717) is 0 Å². The summed E-state index contributed by atoms with van der Waals surface area (Å²) in [6, 6.07) is 10.1. The SMILES string of the molecule is CNC(c1ccccc1OC)c1sccc1OC. The van der Waals surface area contributed by atoms with Crippen LogP contribution in [0.5, 0.6) is 11.5 Å². The lowest BCUT2D eigenvalue weighted by atomic mass is 10.0. The Balaban J connectivity index is 2.45. The molecule has 0 bridgehead atoms. The first kappa shape index (κ1) is 12.9. The zero-order valence-electron chi connectivity index (χ0n) is 10.8. The van der Waals surface area contributed by atoms with E-state index in [1.54, 1.807) is 25.6 Å². The highest BCUT2D eigenvalue weighted by Gasteiger charge is 2.20. The first-order valence-electron chi connectivity index (χ1n) is 5.73. The minimum Gasteiger partial charge on any atom is -0.496 e. The van der Waals surface area contributed by atoms with Gasteiger partial charge in [0.2, 0.25) is 0 Å². The fraction of sp³-hybridized carbons (Fsp3) is 0.286. The summed E-state index contributed by atoms with van der Waals surface area (Å²) < 4.78 is 10.8. The van der Waals surface area contributed by atoms with Gasteiger partial charge < -0.3 is 14.8 Å². The van der Waals surface area contributed by atoms with Crippen molar-refractivity contribution in [3.8, 4) is 11.5 Å². The summed E-state index contributed by atoms with van der Waals surface area (Å²) in [6.45, 7) is 0. The first-order valence-corrected chi connectivity index (χ1v) is 6.61. The van der Waals surface area contributed by atoms with Gasteiger partial charge in [-0.15, -0.1) is 11.3 Å². The van der Waals surface area contributed by atoms with E-state index >= 15 is 0 Å². The molecular formula is C14H17NO2S. The quantitative estimate of drug-likeness (QED) is 0.899. The maximum atomic E-state index is 5.42. The molecule has 1 aromatic heterocycles. The molecule has 4 heteroatoms. The van der Waals surface area contributed by atoms with Crippen LogP contribution in [0.4, 0.5) is 0 Å². The van der Waals surface area contributed by atoms with Gasteiger partial charge in [0.25, 0.3) is 0 Å². The highest BCUT2D eigenvalue weighted by Crippen LogP contribution is 2.37. The zero-order chi connectivity index (χ0) is 13.0. The number of hydrogen-bond acceptors (Lipinski definition) is 4. The molecule has 1 atom stereocenters. The minimum atomic E-state index is 0.0797. The van der Waals surface area contributed by atoms with Crippen molar-refractivity contribution >= 4 is 11.3 Å². The summed E-state index contributed by atoms with van der Waals surface area (Å²) in [5, 5.41) is 5.36. The predicted molar refractivity (Wildman–Crippen MR) is 74.8 cm³/mol. The van der Waals surface area contributed by atoms with Gasteiger partial charge in [0, 0.05) is 5.56 Å². The molecule has 0 aliphatic rings. The summed E-state index contributed by atoms with van der Waals surface area (Å²) >= 11 is 1.68. The van der Waals surface area contributed by atoms with Crippen molar-refractivity contribution < 1.29 is 9.47 Å². The van der Waals surface area contributed by atoms with Crippen LogP contribution in [0, 0.1) is 0 Å². The number of para-hydroxylation sites is 1. The van der Waals surface area contributed by atoms with Crippen molar-refractivity contribution in [1.82, 2.24) is 5.32 Å². The molecule has 2 aromatic rings.